The van der Waals surface area contributed by atoms with Crippen molar-refractivity contribution in [2.45, 2.75) is 44.8 Å². The molecule has 0 saturated carbocycles. The van der Waals surface area contributed by atoms with E-state index in [9.17, 15) is 4.79 Å². The zero-order valence-corrected chi connectivity index (χ0v) is 21.0. The van der Waals surface area contributed by atoms with Crippen molar-refractivity contribution in [3.63, 3.8) is 0 Å². The van der Waals surface area contributed by atoms with Gasteiger partial charge in [-0.1, -0.05) is 79.7 Å². The van der Waals surface area contributed by atoms with Gasteiger partial charge in [-0.05, 0) is 54.3 Å². The third-order valence-corrected chi connectivity index (χ3v) is 7.12. The Hall–Kier alpha value is -3.58. The number of amides is 1. The van der Waals surface area contributed by atoms with Crippen LogP contribution in [0.2, 0.25) is 0 Å². The summed E-state index contributed by atoms with van der Waals surface area (Å²) in [4.78, 5) is 18.5. The highest BCUT2D eigenvalue weighted by molar-refractivity contribution is 7.99. The number of allylic oxidation sites excluding steroid dienone is 1. The Balaban J connectivity index is 1.61. The minimum atomic E-state index is -0.407. The van der Waals surface area contributed by atoms with E-state index in [1.807, 2.05) is 61.0 Å². The Morgan fingerprint density at radius 3 is 2.71 bits per heavy atom. The molecule has 178 valence electrons. The lowest BCUT2D eigenvalue weighted by Gasteiger charge is -2.29. The van der Waals surface area contributed by atoms with Crippen molar-refractivity contribution in [1.82, 2.24) is 14.8 Å². The standard InChI is InChI=1S/C28H29N5OS/c1-4-5-16-35-28-31-27-29-19(3)24(26(34)30-21-13-8-10-18(2)17-21)25(33(27)32-28)23-15-9-12-20-11-6-7-14-22(20)23/h6-15,17,25H,4-5,16H2,1-3H3,(H,30,34)(H,29,31,32). The number of thioether (sulfide) groups is 1. The number of carbonyl (C=O) groups excluding carboxylic acids is 1. The molecule has 6 nitrogen and oxygen atoms in total. The van der Waals surface area contributed by atoms with E-state index in [1.165, 1.54) is 0 Å². The normalized spacial score (nSPS) is 15.1. The molecule has 1 unspecified atom stereocenters. The van der Waals surface area contributed by atoms with E-state index in [2.05, 4.69) is 41.8 Å². The van der Waals surface area contributed by atoms with Crippen LogP contribution in [0.3, 0.4) is 0 Å². The predicted molar refractivity (Wildman–Crippen MR) is 144 cm³/mol. The molecule has 1 atom stereocenters. The average Bonchev–Trinajstić information content (AvgIpc) is 3.25. The van der Waals surface area contributed by atoms with E-state index in [1.54, 1.807) is 11.8 Å². The molecule has 7 heteroatoms. The van der Waals surface area contributed by atoms with E-state index in [0.717, 1.165) is 57.0 Å². The quantitative estimate of drug-likeness (QED) is 0.230. The second kappa shape index (κ2) is 9.96. The van der Waals surface area contributed by atoms with E-state index in [0.29, 0.717) is 11.5 Å². The summed E-state index contributed by atoms with van der Waals surface area (Å²) in [5, 5.41) is 14.3. The molecule has 4 aromatic rings. The largest absolute Gasteiger partial charge is 0.328 e. The second-order valence-corrected chi connectivity index (χ2v) is 9.88. The fraction of sp³-hybridized carbons (Fsp3) is 0.250. The molecule has 2 N–H and O–H groups in total. The van der Waals surface area contributed by atoms with Gasteiger partial charge in [0.1, 0.15) is 6.04 Å². The smallest absolute Gasteiger partial charge is 0.255 e. The van der Waals surface area contributed by atoms with Gasteiger partial charge >= 0.3 is 0 Å². The molecule has 0 spiro atoms. The van der Waals surface area contributed by atoms with Crippen LogP contribution in [-0.2, 0) is 4.79 Å². The summed E-state index contributed by atoms with van der Waals surface area (Å²) < 4.78 is 1.87. The number of anilines is 2. The van der Waals surface area contributed by atoms with Gasteiger partial charge in [-0.25, -0.2) is 4.68 Å². The Kier molecular flexibility index (Phi) is 6.59. The van der Waals surface area contributed by atoms with Gasteiger partial charge in [0.2, 0.25) is 11.1 Å². The number of aromatic nitrogens is 3. The lowest BCUT2D eigenvalue weighted by molar-refractivity contribution is -0.113. The van der Waals surface area contributed by atoms with Crippen molar-refractivity contribution in [1.29, 1.82) is 0 Å². The molecule has 0 fully saturated rings. The van der Waals surface area contributed by atoms with Gasteiger partial charge in [0.05, 0.1) is 5.57 Å². The molecule has 0 bridgehead atoms. The first kappa shape index (κ1) is 23.2. The SMILES string of the molecule is CCCCSc1nc2n(n1)C(c1cccc3ccccc13)C(C(=O)Nc1cccc(C)c1)=C(C)N2. The van der Waals surface area contributed by atoms with Crippen molar-refractivity contribution in [3.8, 4) is 0 Å². The van der Waals surface area contributed by atoms with Crippen LogP contribution in [0.25, 0.3) is 10.8 Å². The molecule has 35 heavy (non-hydrogen) atoms. The van der Waals surface area contributed by atoms with Gasteiger partial charge in [-0.3, -0.25) is 4.79 Å². The van der Waals surface area contributed by atoms with Crippen LogP contribution >= 0.6 is 11.8 Å². The van der Waals surface area contributed by atoms with E-state index in [4.69, 9.17) is 10.1 Å². The Labute approximate surface area is 209 Å². The monoisotopic (exact) mass is 483 g/mol. The lowest BCUT2D eigenvalue weighted by Crippen LogP contribution is -2.31. The topological polar surface area (TPSA) is 71.8 Å². The molecule has 0 radical (unpaired) electrons. The van der Waals surface area contributed by atoms with E-state index >= 15 is 0 Å². The first-order valence-corrected chi connectivity index (χ1v) is 13.0. The number of unbranched alkanes of at least 4 members (excludes halogenated alkanes) is 1. The van der Waals surface area contributed by atoms with Crippen LogP contribution in [0.15, 0.2) is 83.2 Å². The molecule has 0 aliphatic carbocycles. The van der Waals surface area contributed by atoms with Crippen molar-refractivity contribution in [2.75, 3.05) is 16.4 Å². The number of benzene rings is 3. The molecular formula is C28H29N5OS. The summed E-state index contributed by atoms with van der Waals surface area (Å²) in [6.45, 7) is 6.13. The van der Waals surface area contributed by atoms with Gasteiger partial charge in [0.15, 0.2) is 0 Å². The minimum Gasteiger partial charge on any atom is -0.328 e. The minimum absolute atomic E-state index is 0.153. The number of nitrogens with zero attached hydrogens (tertiary/aromatic N) is 3. The number of nitrogens with one attached hydrogen (secondary N) is 2. The average molecular weight is 484 g/mol. The van der Waals surface area contributed by atoms with E-state index in [-0.39, 0.29) is 5.91 Å². The summed E-state index contributed by atoms with van der Waals surface area (Å²) in [7, 11) is 0. The van der Waals surface area contributed by atoms with Gasteiger partial charge in [0, 0.05) is 17.1 Å². The molecule has 1 aliphatic heterocycles. The van der Waals surface area contributed by atoms with E-state index < -0.39 is 6.04 Å². The molecular weight excluding hydrogens is 454 g/mol. The van der Waals surface area contributed by atoms with Crippen LogP contribution in [0.5, 0.6) is 0 Å². The third kappa shape index (κ3) is 4.68. The number of aryl methyl sites for hydroxylation is 1. The third-order valence-electron chi connectivity index (χ3n) is 6.20. The van der Waals surface area contributed by atoms with Crippen molar-refractivity contribution in [2.24, 2.45) is 0 Å². The molecule has 1 aromatic heterocycles. The molecule has 0 saturated heterocycles. The lowest BCUT2D eigenvalue weighted by atomic mass is 9.91. The van der Waals surface area contributed by atoms with Gasteiger partial charge in [-0.15, -0.1) is 5.10 Å². The summed E-state index contributed by atoms with van der Waals surface area (Å²) in [6, 6.07) is 21.9. The van der Waals surface area contributed by atoms with Crippen molar-refractivity contribution in [3.05, 3.63) is 89.1 Å². The Morgan fingerprint density at radius 2 is 1.89 bits per heavy atom. The number of carbonyl (C=O) groups is 1. The van der Waals surface area contributed by atoms with Crippen LogP contribution < -0.4 is 10.6 Å². The number of fused-ring (bicyclic) bond motifs is 2. The molecule has 3 aromatic carbocycles. The highest BCUT2D eigenvalue weighted by atomic mass is 32.2. The first-order valence-electron chi connectivity index (χ1n) is 12.0. The van der Waals surface area contributed by atoms with Gasteiger partial charge in [0.25, 0.3) is 5.91 Å². The van der Waals surface area contributed by atoms with Gasteiger partial charge < -0.3 is 10.6 Å². The molecule has 1 aliphatic rings. The predicted octanol–water partition coefficient (Wildman–Crippen LogP) is 6.56. The molecule has 5 rings (SSSR count). The number of rotatable bonds is 7. The van der Waals surface area contributed by atoms with Crippen LogP contribution in [-0.4, -0.2) is 26.4 Å². The van der Waals surface area contributed by atoms with Crippen LogP contribution in [0, 0.1) is 6.92 Å². The maximum absolute atomic E-state index is 13.8. The summed E-state index contributed by atoms with van der Waals surface area (Å²) in [5.41, 5.74) is 4.29. The highest BCUT2D eigenvalue weighted by Crippen LogP contribution is 2.39. The van der Waals surface area contributed by atoms with Crippen LogP contribution in [0.1, 0.15) is 43.9 Å². The first-order chi connectivity index (χ1) is 17.0. The summed E-state index contributed by atoms with van der Waals surface area (Å²) in [6.07, 6.45) is 2.23. The maximum atomic E-state index is 13.8. The fourth-order valence-corrected chi connectivity index (χ4v) is 5.40. The second-order valence-electron chi connectivity index (χ2n) is 8.82. The fourth-order valence-electron chi connectivity index (χ4n) is 4.49. The summed E-state index contributed by atoms with van der Waals surface area (Å²) in [5.74, 6) is 1.47. The summed E-state index contributed by atoms with van der Waals surface area (Å²) >= 11 is 1.65. The number of hydrogen-bond donors (Lipinski definition) is 2. The van der Waals surface area contributed by atoms with Gasteiger partial charge in [-0.2, -0.15) is 4.98 Å². The van der Waals surface area contributed by atoms with Crippen molar-refractivity contribution >= 4 is 40.1 Å². The molecule has 1 amide bonds. The highest BCUT2D eigenvalue weighted by Gasteiger charge is 2.35. The van der Waals surface area contributed by atoms with Crippen LogP contribution in [0.4, 0.5) is 11.6 Å². The zero-order chi connectivity index (χ0) is 24.4. The maximum Gasteiger partial charge on any atom is 0.255 e. The molecule has 2 heterocycles. The zero-order valence-electron chi connectivity index (χ0n) is 20.2. The number of hydrogen-bond acceptors (Lipinski definition) is 5. The Morgan fingerprint density at radius 1 is 1.09 bits per heavy atom. The Bertz CT molecular complexity index is 1420. The van der Waals surface area contributed by atoms with Crippen molar-refractivity contribution < 1.29 is 4.79 Å².